The third kappa shape index (κ3) is 2.23. The Kier molecular flexibility index (Phi) is 3.52. The third-order valence-corrected chi connectivity index (χ3v) is 6.15. The number of para-hydroxylation sites is 1. The Morgan fingerprint density at radius 3 is 2.81 bits per heavy atom. The summed E-state index contributed by atoms with van der Waals surface area (Å²) in [5.74, 6) is 0.848. The molecule has 1 amide bonds. The lowest BCUT2D eigenvalue weighted by molar-refractivity contribution is -0.127. The summed E-state index contributed by atoms with van der Waals surface area (Å²) < 4.78 is 5.43. The Labute approximate surface area is 162 Å². The number of thiocarbonyl (C=S) groups is 1. The molecule has 1 aromatic heterocycles. The van der Waals surface area contributed by atoms with Gasteiger partial charge in [0.15, 0.2) is 5.11 Å². The van der Waals surface area contributed by atoms with E-state index in [-0.39, 0.29) is 18.0 Å². The Bertz CT molecular complexity index is 1090. The summed E-state index contributed by atoms with van der Waals surface area (Å²) in [5, 5.41) is 1.75. The minimum Gasteiger partial charge on any atom is -0.497 e. The van der Waals surface area contributed by atoms with Crippen molar-refractivity contribution in [2.45, 2.75) is 18.5 Å². The van der Waals surface area contributed by atoms with Gasteiger partial charge in [0.2, 0.25) is 0 Å². The molecule has 27 heavy (non-hydrogen) atoms. The molecule has 5 nitrogen and oxygen atoms in total. The zero-order valence-electron chi connectivity index (χ0n) is 15.1. The molecule has 2 aliphatic heterocycles. The topological polar surface area (TPSA) is 48.6 Å². The van der Waals surface area contributed by atoms with E-state index < -0.39 is 0 Å². The van der Waals surface area contributed by atoms with Crippen molar-refractivity contribution in [3.63, 3.8) is 0 Å². The molecule has 6 heteroatoms. The lowest BCUT2D eigenvalue weighted by Gasteiger charge is -2.37. The Balaban J connectivity index is 1.77. The Morgan fingerprint density at radius 2 is 2.00 bits per heavy atom. The number of benzene rings is 2. The summed E-state index contributed by atoms with van der Waals surface area (Å²) in [6, 6.07) is 15.8. The maximum absolute atomic E-state index is 12.9. The molecule has 2 atom stereocenters. The van der Waals surface area contributed by atoms with Crippen molar-refractivity contribution in [2.75, 3.05) is 14.2 Å². The normalized spacial score (nSPS) is 21.6. The highest BCUT2D eigenvalue weighted by Crippen LogP contribution is 2.44. The fraction of sp³-hybridized carbons (Fsp3) is 0.238. The van der Waals surface area contributed by atoms with Crippen LogP contribution in [0.25, 0.3) is 10.9 Å². The number of rotatable bonds is 2. The van der Waals surface area contributed by atoms with Gasteiger partial charge in [-0.3, -0.25) is 9.69 Å². The van der Waals surface area contributed by atoms with Crippen LogP contribution in [0.2, 0.25) is 0 Å². The highest BCUT2D eigenvalue weighted by molar-refractivity contribution is 7.80. The molecule has 1 saturated heterocycles. The second-order valence-corrected chi connectivity index (χ2v) is 7.41. The maximum atomic E-state index is 12.9. The molecule has 3 aromatic rings. The van der Waals surface area contributed by atoms with Crippen LogP contribution in [0.4, 0.5) is 0 Å². The van der Waals surface area contributed by atoms with Gasteiger partial charge in [0.25, 0.3) is 5.91 Å². The first kappa shape index (κ1) is 16.3. The van der Waals surface area contributed by atoms with Gasteiger partial charge in [-0.25, -0.2) is 0 Å². The van der Waals surface area contributed by atoms with Crippen LogP contribution >= 0.6 is 12.2 Å². The fourth-order valence-electron chi connectivity index (χ4n) is 4.36. The van der Waals surface area contributed by atoms with Crippen LogP contribution in [0.3, 0.4) is 0 Å². The minimum atomic E-state index is -0.273. The molecule has 136 valence electrons. The van der Waals surface area contributed by atoms with Crippen molar-refractivity contribution in [1.29, 1.82) is 0 Å². The van der Waals surface area contributed by atoms with Gasteiger partial charge >= 0.3 is 0 Å². The molecule has 0 radical (unpaired) electrons. The lowest BCUT2D eigenvalue weighted by Crippen LogP contribution is -2.44. The molecule has 1 N–H and O–H groups in total. The van der Waals surface area contributed by atoms with Crippen LogP contribution in [0.5, 0.6) is 5.75 Å². The number of ether oxygens (including phenoxy) is 1. The van der Waals surface area contributed by atoms with Gasteiger partial charge in [-0.1, -0.05) is 30.3 Å². The molecular formula is C21H19N3O2S. The van der Waals surface area contributed by atoms with E-state index in [1.54, 1.807) is 19.1 Å². The molecule has 0 aliphatic carbocycles. The largest absolute Gasteiger partial charge is 0.497 e. The molecule has 5 rings (SSSR count). The van der Waals surface area contributed by atoms with E-state index in [0.29, 0.717) is 11.5 Å². The number of H-pyrrole nitrogens is 1. The number of amides is 1. The molecule has 2 aliphatic rings. The second-order valence-electron chi connectivity index (χ2n) is 7.05. The summed E-state index contributed by atoms with van der Waals surface area (Å²) in [4.78, 5) is 20.1. The number of methoxy groups -OCH3 is 1. The van der Waals surface area contributed by atoms with Gasteiger partial charge in [0, 0.05) is 30.1 Å². The number of aromatic amines is 1. The van der Waals surface area contributed by atoms with Gasteiger partial charge in [-0.2, -0.15) is 0 Å². The lowest BCUT2D eigenvalue weighted by atomic mass is 9.89. The number of hydrogen-bond acceptors (Lipinski definition) is 3. The summed E-state index contributed by atoms with van der Waals surface area (Å²) in [6.45, 7) is 0. The van der Waals surface area contributed by atoms with Crippen LogP contribution in [0.1, 0.15) is 22.9 Å². The van der Waals surface area contributed by atoms with E-state index in [9.17, 15) is 4.79 Å². The molecule has 2 aromatic carbocycles. The van der Waals surface area contributed by atoms with E-state index in [4.69, 9.17) is 17.0 Å². The van der Waals surface area contributed by atoms with Gasteiger partial charge in [0.1, 0.15) is 11.8 Å². The summed E-state index contributed by atoms with van der Waals surface area (Å²) in [7, 11) is 3.42. The zero-order valence-corrected chi connectivity index (χ0v) is 15.9. The molecule has 2 unspecified atom stereocenters. The van der Waals surface area contributed by atoms with Crippen molar-refractivity contribution < 1.29 is 9.53 Å². The van der Waals surface area contributed by atoms with Crippen molar-refractivity contribution in [1.82, 2.24) is 14.8 Å². The Hall–Kier alpha value is -2.86. The molecular weight excluding hydrogens is 358 g/mol. The number of fused-ring (bicyclic) bond motifs is 4. The number of nitrogens with zero attached hydrogens (tertiary/aromatic N) is 2. The van der Waals surface area contributed by atoms with E-state index >= 15 is 0 Å². The smallest absolute Gasteiger partial charge is 0.251 e. The van der Waals surface area contributed by atoms with Crippen molar-refractivity contribution in [3.8, 4) is 5.75 Å². The molecule has 0 bridgehead atoms. The second kappa shape index (κ2) is 5.82. The molecule has 3 heterocycles. The first-order valence-electron chi connectivity index (χ1n) is 8.93. The predicted octanol–water partition coefficient (Wildman–Crippen LogP) is 3.25. The summed E-state index contributed by atoms with van der Waals surface area (Å²) >= 11 is 5.65. The molecule has 1 fully saturated rings. The quantitative estimate of drug-likeness (QED) is 0.697. The molecule has 0 spiro atoms. The van der Waals surface area contributed by atoms with E-state index in [0.717, 1.165) is 22.5 Å². The van der Waals surface area contributed by atoms with E-state index in [1.165, 1.54) is 10.9 Å². The predicted molar refractivity (Wildman–Crippen MR) is 108 cm³/mol. The average Bonchev–Trinajstić information content (AvgIpc) is 3.18. The number of likely N-dealkylation sites (N-methyl/N-ethyl adjacent to an activating group) is 1. The third-order valence-electron chi connectivity index (χ3n) is 5.66. The molecule has 0 saturated carbocycles. The fourth-order valence-corrected chi connectivity index (χ4v) is 4.69. The summed E-state index contributed by atoms with van der Waals surface area (Å²) in [5.41, 5.74) is 4.44. The minimum absolute atomic E-state index is 0.0591. The monoisotopic (exact) mass is 377 g/mol. The van der Waals surface area contributed by atoms with Crippen LogP contribution in [0.15, 0.2) is 48.5 Å². The van der Waals surface area contributed by atoms with Gasteiger partial charge < -0.3 is 14.6 Å². The average molecular weight is 377 g/mol. The van der Waals surface area contributed by atoms with Crippen molar-refractivity contribution in [2.24, 2.45) is 0 Å². The van der Waals surface area contributed by atoms with Crippen LogP contribution < -0.4 is 4.74 Å². The number of carbonyl (C=O) groups is 1. The first-order chi connectivity index (χ1) is 13.1. The van der Waals surface area contributed by atoms with Gasteiger partial charge in [-0.05, 0) is 41.5 Å². The van der Waals surface area contributed by atoms with E-state index in [1.807, 2.05) is 30.3 Å². The maximum Gasteiger partial charge on any atom is 0.251 e. The van der Waals surface area contributed by atoms with Crippen LogP contribution in [-0.4, -0.2) is 46.0 Å². The van der Waals surface area contributed by atoms with Crippen LogP contribution in [0, 0.1) is 0 Å². The van der Waals surface area contributed by atoms with Gasteiger partial charge in [0.05, 0.1) is 13.2 Å². The van der Waals surface area contributed by atoms with Crippen molar-refractivity contribution >= 4 is 34.1 Å². The highest BCUT2D eigenvalue weighted by Gasteiger charge is 2.49. The number of carbonyl (C=O) groups excluding carboxylic acids is 1. The Morgan fingerprint density at radius 1 is 1.19 bits per heavy atom. The summed E-state index contributed by atoms with van der Waals surface area (Å²) in [6.07, 6.45) is 0.656. The van der Waals surface area contributed by atoms with E-state index in [2.05, 4.69) is 28.1 Å². The number of hydrogen-bond donors (Lipinski definition) is 1. The number of aromatic nitrogens is 1. The first-order valence-corrected chi connectivity index (χ1v) is 9.34. The SMILES string of the molecule is COc1cccc(C2c3[nH]c4ccccc4c3CC3C(=O)N(C)C(=S)N32)c1. The van der Waals surface area contributed by atoms with Crippen molar-refractivity contribution in [3.05, 3.63) is 65.4 Å². The van der Waals surface area contributed by atoms with Gasteiger partial charge in [-0.15, -0.1) is 0 Å². The van der Waals surface area contributed by atoms with Crippen LogP contribution in [-0.2, 0) is 11.2 Å². The standard InChI is InChI=1S/C21H19N3O2S/c1-23-20(25)17-11-15-14-8-3-4-9-16(14)22-18(15)19(24(17)21(23)27)12-6-5-7-13(10-12)26-2/h3-10,17,19,22H,11H2,1-2H3. The zero-order chi connectivity index (χ0) is 18.7. The highest BCUT2D eigenvalue weighted by atomic mass is 32.1. The number of nitrogens with one attached hydrogen (secondary N) is 1.